The zero-order valence-corrected chi connectivity index (χ0v) is 14.1. The quantitative estimate of drug-likeness (QED) is 0.854. The van der Waals surface area contributed by atoms with Crippen LogP contribution in [0.5, 0.6) is 5.75 Å². The maximum atomic E-state index is 13.4. The zero-order valence-electron chi connectivity index (χ0n) is 14.1. The van der Waals surface area contributed by atoms with Crippen LogP contribution in [-0.2, 0) is 16.8 Å². The van der Waals surface area contributed by atoms with Crippen molar-refractivity contribution in [2.45, 2.75) is 43.7 Å². The number of benzene rings is 2. The third-order valence-corrected chi connectivity index (χ3v) is 5.74. The van der Waals surface area contributed by atoms with E-state index < -0.39 is 0 Å². The minimum absolute atomic E-state index is 0.294. The number of ether oxygens (including phenoxy) is 1. The normalized spacial score (nSPS) is 25.8. The molecule has 1 aliphatic carbocycles. The summed E-state index contributed by atoms with van der Waals surface area (Å²) in [6, 6.07) is 18.8. The molecule has 0 unspecified atom stereocenters. The van der Waals surface area contributed by atoms with Crippen molar-refractivity contribution >= 4 is 5.91 Å². The third-order valence-electron chi connectivity index (χ3n) is 5.74. The van der Waals surface area contributed by atoms with Crippen molar-refractivity contribution in [1.82, 2.24) is 4.90 Å². The second kappa shape index (κ2) is 5.97. The molecule has 3 fully saturated rings. The lowest BCUT2D eigenvalue weighted by atomic mass is 9.63. The molecule has 2 heterocycles. The molecule has 5 rings (SSSR count). The van der Waals surface area contributed by atoms with Crippen molar-refractivity contribution in [2.75, 3.05) is 7.11 Å². The molecule has 124 valence electrons. The molecule has 24 heavy (non-hydrogen) atoms. The maximum absolute atomic E-state index is 13.4. The van der Waals surface area contributed by atoms with Gasteiger partial charge in [0.15, 0.2) is 0 Å². The lowest BCUT2D eigenvalue weighted by molar-refractivity contribution is -0.151. The molecular weight excluding hydrogens is 298 g/mol. The van der Waals surface area contributed by atoms with Crippen LogP contribution in [0, 0.1) is 0 Å². The van der Waals surface area contributed by atoms with E-state index in [1.54, 1.807) is 7.11 Å². The van der Waals surface area contributed by atoms with Gasteiger partial charge in [-0.3, -0.25) is 4.79 Å². The minimum atomic E-state index is -0.363. The van der Waals surface area contributed by atoms with E-state index in [4.69, 9.17) is 4.74 Å². The Morgan fingerprint density at radius 3 is 2.54 bits per heavy atom. The molecule has 3 nitrogen and oxygen atoms in total. The van der Waals surface area contributed by atoms with Gasteiger partial charge in [0.25, 0.3) is 0 Å². The van der Waals surface area contributed by atoms with Gasteiger partial charge in [-0.2, -0.15) is 0 Å². The highest BCUT2D eigenvalue weighted by atomic mass is 16.5. The number of nitrogens with zero attached hydrogens (tertiary/aromatic N) is 1. The number of methoxy groups -OCH3 is 1. The van der Waals surface area contributed by atoms with Crippen LogP contribution < -0.4 is 4.74 Å². The summed E-state index contributed by atoms with van der Waals surface area (Å²) in [6.07, 6.45) is 4.09. The first-order valence-corrected chi connectivity index (χ1v) is 8.72. The summed E-state index contributed by atoms with van der Waals surface area (Å²) in [5, 5.41) is 0. The van der Waals surface area contributed by atoms with Crippen LogP contribution in [-0.4, -0.2) is 24.0 Å². The van der Waals surface area contributed by atoms with E-state index in [1.165, 1.54) is 5.56 Å². The van der Waals surface area contributed by atoms with Crippen molar-refractivity contribution in [2.24, 2.45) is 0 Å². The molecule has 1 saturated carbocycles. The zero-order chi connectivity index (χ0) is 16.6. The van der Waals surface area contributed by atoms with Gasteiger partial charge in [0, 0.05) is 12.6 Å². The lowest BCUT2D eigenvalue weighted by Gasteiger charge is -2.52. The molecular formula is C21H23NO2. The number of amides is 1. The second-order valence-electron chi connectivity index (χ2n) is 6.96. The summed E-state index contributed by atoms with van der Waals surface area (Å²) < 4.78 is 5.38. The third kappa shape index (κ3) is 2.39. The van der Waals surface area contributed by atoms with Crippen molar-refractivity contribution in [3.63, 3.8) is 0 Å². The minimum Gasteiger partial charge on any atom is -0.497 e. The summed E-state index contributed by atoms with van der Waals surface area (Å²) in [7, 11) is 1.68. The van der Waals surface area contributed by atoms with Gasteiger partial charge in [-0.15, -0.1) is 0 Å². The Hall–Kier alpha value is -2.29. The van der Waals surface area contributed by atoms with Crippen LogP contribution >= 0.6 is 0 Å². The number of carbonyl (C=O) groups excluding carboxylic acids is 1. The molecule has 2 aromatic carbocycles. The number of rotatable bonds is 4. The lowest BCUT2D eigenvalue weighted by Crippen LogP contribution is -2.59. The Morgan fingerprint density at radius 2 is 1.83 bits per heavy atom. The van der Waals surface area contributed by atoms with E-state index in [2.05, 4.69) is 23.1 Å². The summed E-state index contributed by atoms with van der Waals surface area (Å²) in [6.45, 7) is 0.718. The predicted molar refractivity (Wildman–Crippen MR) is 93.9 cm³/mol. The molecule has 2 bridgehead atoms. The molecule has 0 aromatic heterocycles. The largest absolute Gasteiger partial charge is 0.497 e. The first kappa shape index (κ1) is 15.3. The maximum Gasteiger partial charge on any atom is 0.233 e. The van der Waals surface area contributed by atoms with E-state index in [9.17, 15) is 4.79 Å². The molecule has 3 heteroatoms. The number of hydrogen-bond donors (Lipinski definition) is 0. The van der Waals surface area contributed by atoms with Gasteiger partial charge in [-0.1, -0.05) is 42.5 Å². The van der Waals surface area contributed by atoms with Gasteiger partial charge >= 0.3 is 0 Å². The fourth-order valence-electron chi connectivity index (χ4n) is 4.38. The molecule has 2 aliphatic heterocycles. The molecule has 2 aromatic rings. The Morgan fingerprint density at radius 1 is 1.08 bits per heavy atom. The van der Waals surface area contributed by atoms with Crippen LogP contribution in [0.25, 0.3) is 0 Å². The summed E-state index contributed by atoms with van der Waals surface area (Å²) in [5.74, 6) is 1.12. The molecule has 0 N–H and O–H groups in total. The van der Waals surface area contributed by atoms with Crippen molar-refractivity contribution in [1.29, 1.82) is 0 Å². The fourth-order valence-corrected chi connectivity index (χ4v) is 4.38. The number of fused-ring (bicyclic) bond motifs is 3. The molecule has 3 aliphatic rings. The van der Waals surface area contributed by atoms with Crippen LogP contribution in [0.3, 0.4) is 0 Å². The van der Waals surface area contributed by atoms with Crippen LogP contribution in [0.2, 0.25) is 0 Å². The van der Waals surface area contributed by atoms with Gasteiger partial charge in [-0.25, -0.2) is 0 Å². The van der Waals surface area contributed by atoms with Gasteiger partial charge in [0.05, 0.1) is 12.5 Å². The van der Waals surface area contributed by atoms with E-state index in [0.29, 0.717) is 11.9 Å². The summed E-state index contributed by atoms with van der Waals surface area (Å²) in [5.41, 5.74) is 1.96. The number of carbonyl (C=O) groups is 1. The number of hydrogen-bond acceptors (Lipinski definition) is 2. The van der Waals surface area contributed by atoms with Crippen LogP contribution in [0.15, 0.2) is 54.6 Å². The first-order valence-electron chi connectivity index (χ1n) is 8.72. The molecule has 1 amide bonds. The molecule has 0 spiro atoms. The molecule has 0 radical (unpaired) electrons. The van der Waals surface area contributed by atoms with Crippen molar-refractivity contribution < 1.29 is 9.53 Å². The first-order chi connectivity index (χ1) is 11.7. The summed E-state index contributed by atoms with van der Waals surface area (Å²) >= 11 is 0. The van der Waals surface area contributed by atoms with E-state index in [0.717, 1.165) is 43.5 Å². The van der Waals surface area contributed by atoms with Crippen LogP contribution in [0.1, 0.15) is 36.8 Å². The van der Waals surface area contributed by atoms with E-state index in [-0.39, 0.29) is 5.41 Å². The van der Waals surface area contributed by atoms with Gasteiger partial charge in [0.2, 0.25) is 5.91 Å². The number of piperidine rings is 2. The van der Waals surface area contributed by atoms with E-state index in [1.807, 2.05) is 36.4 Å². The van der Waals surface area contributed by atoms with Gasteiger partial charge < -0.3 is 9.64 Å². The molecule has 0 atom stereocenters. The Labute approximate surface area is 143 Å². The van der Waals surface area contributed by atoms with Crippen LogP contribution in [0.4, 0.5) is 0 Å². The average Bonchev–Trinajstić information content (AvgIpc) is 2.66. The highest BCUT2D eigenvalue weighted by molar-refractivity contribution is 5.90. The fraction of sp³-hybridized carbons (Fsp3) is 0.381. The predicted octanol–water partition coefficient (Wildman–Crippen LogP) is 3.92. The standard InChI is InChI=1S/C21H23NO2/c1-24-19-9-5-8-17(14-19)21-12-10-18(11-13-21)22(20(21)23)15-16-6-3-2-4-7-16/h2-9,14,18H,10-13,15H2,1H3. The monoisotopic (exact) mass is 321 g/mol. The summed E-state index contributed by atoms with van der Waals surface area (Å²) in [4.78, 5) is 15.5. The highest BCUT2D eigenvalue weighted by Crippen LogP contribution is 2.48. The average molecular weight is 321 g/mol. The van der Waals surface area contributed by atoms with Gasteiger partial charge in [0.1, 0.15) is 5.75 Å². The van der Waals surface area contributed by atoms with Gasteiger partial charge in [-0.05, 0) is 48.9 Å². The SMILES string of the molecule is COc1cccc(C23CCC(CC2)N(Cc2ccccc2)C3=O)c1. The smallest absolute Gasteiger partial charge is 0.233 e. The van der Waals surface area contributed by atoms with E-state index >= 15 is 0 Å². The topological polar surface area (TPSA) is 29.5 Å². The Kier molecular flexibility index (Phi) is 3.79. The highest BCUT2D eigenvalue weighted by Gasteiger charge is 2.52. The Bertz CT molecular complexity index is 733. The second-order valence-corrected chi connectivity index (χ2v) is 6.96. The van der Waals surface area contributed by atoms with Crippen molar-refractivity contribution in [3.05, 3.63) is 65.7 Å². The Balaban J connectivity index is 1.67. The molecule has 2 saturated heterocycles. The van der Waals surface area contributed by atoms with Crippen molar-refractivity contribution in [3.8, 4) is 5.75 Å².